The highest BCUT2D eigenvalue weighted by atomic mass is 79.9. The minimum atomic E-state index is 0.625. The SMILES string of the molecule is COc1c(CC2CCCN2)cc2c(c1Br)CCCCC2. The third-order valence-corrected chi connectivity index (χ3v) is 5.54. The van der Waals surface area contributed by atoms with Gasteiger partial charge in [-0.25, -0.2) is 0 Å². The first-order chi connectivity index (χ1) is 9.79. The molecule has 3 rings (SSSR count). The molecule has 1 aliphatic heterocycles. The van der Waals surface area contributed by atoms with Gasteiger partial charge in [0.05, 0.1) is 11.6 Å². The van der Waals surface area contributed by atoms with Crippen LogP contribution in [0.3, 0.4) is 0 Å². The topological polar surface area (TPSA) is 21.3 Å². The summed E-state index contributed by atoms with van der Waals surface area (Å²) in [5.74, 6) is 1.07. The van der Waals surface area contributed by atoms with Crippen molar-refractivity contribution in [1.82, 2.24) is 5.32 Å². The van der Waals surface area contributed by atoms with Crippen molar-refractivity contribution < 1.29 is 4.74 Å². The summed E-state index contributed by atoms with van der Waals surface area (Å²) in [6.07, 6.45) is 10.1. The summed E-state index contributed by atoms with van der Waals surface area (Å²) in [6, 6.07) is 3.05. The van der Waals surface area contributed by atoms with Crippen molar-refractivity contribution in [1.29, 1.82) is 0 Å². The van der Waals surface area contributed by atoms with Gasteiger partial charge in [-0.2, -0.15) is 0 Å². The summed E-state index contributed by atoms with van der Waals surface area (Å²) in [6.45, 7) is 1.17. The second-order valence-electron chi connectivity index (χ2n) is 6.08. The van der Waals surface area contributed by atoms with E-state index in [1.807, 2.05) is 0 Å². The highest BCUT2D eigenvalue weighted by molar-refractivity contribution is 9.10. The average Bonchev–Trinajstić information content (AvgIpc) is 2.83. The van der Waals surface area contributed by atoms with E-state index in [0.717, 1.165) is 12.2 Å². The second kappa shape index (κ2) is 6.48. The van der Waals surface area contributed by atoms with E-state index in [1.165, 1.54) is 67.1 Å². The molecule has 110 valence electrons. The van der Waals surface area contributed by atoms with Crippen LogP contribution >= 0.6 is 15.9 Å². The number of benzene rings is 1. The minimum Gasteiger partial charge on any atom is -0.495 e. The standard InChI is InChI=1S/C17H24BrNO/c1-20-17-13(11-14-7-5-9-19-14)10-12-6-3-2-4-8-15(12)16(17)18/h10,14,19H,2-9,11H2,1H3. The Morgan fingerprint density at radius 1 is 1.25 bits per heavy atom. The maximum atomic E-state index is 5.72. The molecular weight excluding hydrogens is 314 g/mol. The second-order valence-corrected chi connectivity index (χ2v) is 6.87. The van der Waals surface area contributed by atoms with Crippen LogP contribution in [0.15, 0.2) is 10.5 Å². The highest BCUT2D eigenvalue weighted by Crippen LogP contribution is 2.38. The third-order valence-electron chi connectivity index (χ3n) is 4.70. The molecule has 3 heteroatoms. The molecule has 1 fully saturated rings. The lowest BCUT2D eigenvalue weighted by molar-refractivity contribution is 0.403. The zero-order chi connectivity index (χ0) is 13.9. The van der Waals surface area contributed by atoms with Crippen LogP contribution < -0.4 is 10.1 Å². The summed E-state index contributed by atoms with van der Waals surface area (Å²) in [7, 11) is 1.80. The first kappa shape index (κ1) is 14.4. The van der Waals surface area contributed by atoms with Gasteiger partial charge < -0.3 is 10.1 Å². The lowest BCUT2D eigenvalue weighted by Crippen LogP contribution is -2.24. The number of halogens is 1. The average molecular weight is 338 g/mol. The molecule has 2 aliphatic rings. The quantitative estimate of drug-likeness (QED) is 0.841. The Morgan fingerprint density at radius 2 is 2.10 bits per heavy atom. The van der Waals surface area contributed by atoms with Gasteiger partial charge in [0.2, 0.25) is 0 Å². The zero-order valence-electron chi connectivity index (χ0n) is 12.3. The predicted octanol–water partition coefficient (Wildman–Crippen LogP) is 4.02. The predicted molar refractivity (Wildman–Crippen MR) is 86.7 cm³/mol. The van der Waals surface area contributed by atoms with Crippen molar-refractivity contribution in [3.8, 4) is 5.75 Å². The number of aryl methyl sites for hydroxylation is 1. The van der Waals surface area contributed by atoms with Gasteiger partial charge in [0.25, 0.3) is 0 Å². The Hall–Kier alpha value is -0.540. The summed E-state index contributed by atoms with van der Waals surface area (Å²) in [4.78, 5) is 0. The van der Waals surface area contributed by atoms with Crippen LogP contribution in [-0.4, -0.2) is 19.7 Å². The Bertz CT molecular complexity index is 480. The molecule has 1 N–H and O–H groups in total. The number of ether oxygens (including phenoxy) is 1. The van der Waals surface area contributed by atoms with E-state index in [1.54, 1.807) is 12.7 Å². The summed E-state index contributed by atoms with van der Waals surface area (Å²) in [5, 5.41) is 3.60. The monoisotopic (exact) mass is 337 g/mol. The van der Waals surface area contributed by atoms with Crippen LogP contribution in [0.25, 0.3) is 0 Å². The molecule has 0 bridgehead atoms. The van der Waals surface area contributed by atoms with Gasteiger partial charge in [0.1, 0.15) is 5.75 Å². The van der Waals surface area contributed by atoms with Gasteiger partial charge in [0.15, 0.2) is 0 Å². The minimum absolute atomic E-state index is 0.625. The molecule has 1 saturated heterocycles. The van der Waals surface area contributed by atoms with Gasteiger partial charge in [-0.3, -0.25) is 0 Å². The van der Waals surface area contributed by atoms with Crippen LogP contribution in [0, 0.1) is 0 Å². The highest BCUT2D eigenvalue weighted by Gasteiger charge is 2.22. The van der Waals surface area contributed by atoms with Crippen molar-refractivity contribution >= 4 is 15.9 Å². The Morgan fingerprint density at radius 3 is 2.85 bits per heavy atom. The van der Waals surface area contributed by atoms with Gasteiger partial charge in [-0.1, -0.05) is 12.5 Å². The lowest BCUT2D eigenvalue weighted by atomic mass is 9.95. The van der Waals surface area contributed by atoms with Crippen molar-refractivity contribution in [3.63, 3.8) is 0 Å². The van der Waals surface area contributed by atoms with E-state index in [9.17, 15) is 0 Å². The summed E-state index contributed by atoms with van der Waals surface area (Å²) >= 11 is 3.82. The molecule has 1 atom stereocenters. The molecule has 1 aliphatic carbocycles. The largest absolute Gasteiger partial charge is 0.495 e. The van der Waals surface area contributed by atoms with Crippen LogP contribution in [0.4, 0.5) is 0 Å². The molecule has 0 saturated carbocycles. The number of nitrogens with one attached hydrogen (secondary N) is 1. The van der Waals surface area contributed by atoms with E-state index in [2.05, 4.69) is 27.3 Å². The third kappa shape index (κ3) is 2.89. The summed E-state index contributed by atoms with van der Waals surface area (Å²) in [5.41, 5.74) is 4.41. The lowest BCUT2D eigenvalue weighted by Gasteiger charge is -2.19. The van der Waals surface area contributed by atoms with E-state index >= 15 is 0 Å². The molecule has 0 aromatic heterocycles. The van der Waals surface area contributed by atoms with E-state index in [0.29, 0.717) is 6.04 Å². The smallest absolute Gasteiger partial charge is 0.136 e. The van der Waals surface area contributed by atoms with Gasteiger partial charge in [-0.15, -0.1) is 0 Å². The molecule has 0 spiro atoms. The fraction of sp³-hybridized carbons (Fsp3) is 0.647. The maximum Gasteiger partial charge on any atom is 0.136 e. The Kier molecular flexibility index (Phi) is 4.67. The van der Waals surface area contributed by atoms with Crippen LogP contribution in [0.2, 0.25) is 0 Å². The molecule has 1 unspecified atom stereocenters. The first-order valence-corrected chi connectivity index (χ1v) is 8.69. The molecule has 20 heavy (non-hydrogen) atoms. The van der Waals surface area contributed by atoms with E-state index < -0.39 is 0 Å². The van der Waals surface area contributed by atoms with Gasteiger partial charge >= 0.3 is 0 Å². The van der Waals surface area contributed by atoms with Gasteiger partial charge in [-0.05, 0) is 84.1 Å². The molecule has 1 aromatic rings. The molecule has 1 aromatic carbocycles. The molecule has 1 heterocycles. The van der Waals surface area contributed by atoms with Crippen molar-refractivity contribution in [2.24, 2.45) is 0 Å². The first-order valence-electron chi connectivity index (χ1n) is 7.90. The zero-order valence-corrected chi connectivity index (χ0v) is 13.9. The van der Waals surface area contributed by atoms with Crippen LogP contribution in [0.1, 0.15) is 48.8 Å². The molecule has 0 radical (unpaired) electrons. The number of hydrogen-bond donors (Lipinski definition) is 1. The molecule has 2 nitrogen and oxygen atoms in total. The van der Waals surface area contributed by atoms with E-state index in [4.69, 9.17) is 4.74 Å². The van der Waals surface area contributed by atoms with Crippen LogP contribution in [0.5, 0.6) is 5.75 Å². The number of fused-ring (bicyclic) bond motifs is 1. The Balaban J connectivity index is 1.95. The fourth-order valence-electron chi connectivity index (χ4n) is 3.64. The van der Waals surface area contributed by atoms with Crippen molar-refractivity contribution in [2.45, 2.75) is 57.4 Å². The van der Waals surface area contributed by atoms with Crippen molar-refractivity contribution in [3.05, 3.63) is 27.2 Å². The van der Waals surface area contributed by atoms with Gasteiger partial charge in [0, 0.05) is 6.04 Å². The number of methoxy groups -OCH3 is 1. The summed E-state index contributed by atoms with van der Waals surface area (Å²) < 4.78 is 6.93. The van der Waals surface area contributed by atoms with E-state index in [-0.39, 0.29) is 0 Å². The molecular formula is C17H24BrNO. The van der Waals surface area contributed by atoms with Crippen molar-refractivity contribution in [2.75, 3.05) is 13.7 Å². The Labute approximate surface area is 130 Å². The normalized spacial score (nSPS) is 22.4. The number of rotatable bonds is 3. The molecule has 0 amide bonds. The maximum absolute atomic E-state index is 5.72. The fourth-order valence-corrected chi connectivity index (χ4v) is 4.51. The van der Waals surface area contributed by atoms with Crippen LogP contribution in [-0.2, 0) is 19.3 Å². The number of hydrogen-bond acceptors (Lipinski definition) is 2.